The van der Waals surface area contributed by atoms with E-state index in [-0.39, 0.29) is 49.1 Å². The van der Waals surface area contributed by atoms with Crippen LogP contribution in [0.3, 0.4) is 0 Å². The Hall–Kier alpha value is -4.01. The molecule has 10 nitrogen and oxygen atoms in total. The van der Waals surface area contributed by atoms with E-state index in [1.54, 1.807) is 24.3 Å². The highest BCUT2D eigenvalue weighted by Gasteiger charge is 2.30. The van der Waals surface area contributed by atoms with E-state index in [0.717, 1.165) is 0 Å². The third kappa shape index (κ3) is 4.54. The summed E-state index contributed by atoms with van der Waals surface area (Å²) in [7, 11) is -3.74. The third-order valence-corrected chi connectivity index (χ3v) is 7.56. The number of fused-ring (bicyclic) bond motifs is 1. The molecule has 1 saturated heterocycles. The number of rotatable bonds is 5. The zero-order valence-electron chi connectivity index (χ0n) is 18.0. The van der Waals surface area contributed by atoms with E-state index < -0.39 is 21.4 Å². The van der Waals surface area contributed by atoms with E-state index >= 15 is 0 Å². The lowest BCUT2D eigenvalue weighted by Gasteiger charge is -2.34. The van der Waals surface area contributed by atoms with E-state index in [4.69, 9.17) is 5.26 Å². The topological polar surface area (TPSA) is 143 Å². The van der Waals surface area contributed by atoms with Gasteiger partial charge in [-0.15, -0.1) is 0 Å². The number of aromatic amines is 1. The zero-order chi connectivity index (χ0) is 24.3. The highest BCUT2D eigenvalue weighted by molar-refractivity contribution is 7.89. The molecule has 0 radical (unpaired) electrons. The van der Waals surface area contributed by atoms with Gasteiger partial charge in [0.25, 0.3) is 5.91 Å². The third-order valence-electron chi connectivity index (χ3n) is 5.65. The minimum Gasteiger partial charge on any atom is -0.360 e. The average molecular weight is 480 g/mol. The number of piperazine rings is 1. The molecule has 4 rings (SSSR count). The summed E-state index contributed by atoms with van der Waals surface area (Å²) in [5.41, 5.74) is 0.446. The van der Waals surface area contributed by atoms with Gasteiger partial charge in [-0.25, -0.2) is 8.42 Å². The minimum absolute atomic E-state index is 0.0825. The number of H-pyrrole nitrogens is 1. The van der Waals surface area contributed by atoms with Crippen molar-refractivity contribution < 1.29 is 18.0 Å². The van der Waals surface area contributed by atoms with Crippen LogP contribution in [0.1, 0.15) is 15.9 Å². The second-order valence-corrected chi connectivity index (χ2v) is 9.62. The Labute approximate surface area is 195 Å². The van der Waals surface area contributed by atoms with Crippen LogP contribution in [0.2, 0.25) is 0 Å². The highest BCUT2D eigenvalue weighted by atomic mass is 32.2. The maximum Gasteiger partial charge on any atom is 0.257 e. The Kier molecular flexibility index (Phi) is 6.45. The SMILES string of the molecule is N#Cc1ccc(S(=O)(=O)N2CCN(C(=O)CNC(=O)c3c[nH]c4ccccc4c3=O)CC2)cc1. The quantitative estimate of drug-likeness (QED) is 0.550. The number of hydrogen-bond donors (Lipinski definition) is 2. The van der Waals surface area contributed by atoms with Gasteiger partial charge < -0.3 is 15.2 Å². The van der Waals surface area contributed by atoms with Crippen molar-refractivity contribution in [2.45, 2.75) is 4.90 Å². The molecule has 2 N–H and O–H groups in total. The van der Waals surface area contributed by atoms with Crippen LogP contribution in [-0.2, 0) is 14.8 Å². The van der Waals surface area contributed by atoms with Gasteiger partial charge in [-0.1, -0.05) is 12.1 Å². The fraction of sp³-hybridized carbons (Fsp3) is 0.217. The van der Waals surface area contributed by atoms with Crippen LogP contribution < -0.4 is 10.7 Å². The summed E-state index contributed by atoms with van der Waals surface area (Å²) in [6, 6.07) is 14.4. The molecule has 0 atom stereocenters. The molecular formula is C23H21N5O5S. The molecule has 1 aromatic heterocycles. The number of sulfonamides is 1. The van der Waals surface area contributed by atoms with Gasteiger partial charge in [-0.2, -0.15) is 9.57 Å². The number of aromatic nitrogens is 1. The summed E-state index contributed by atoms with van der Waals surface area (Å²) in [4.78, 5) is 42.0. The molecule has 1 aliphatic heterocycles. The van der Waals surface area contributed by atoms with Gasteiger partial charge >= 0.3 is 0 Å². The van der Waals surface area contributed by atoms with Crippen molar-refractivity contribution >= 4 is 32.7 Å². The summed E-state index contributed by atoms with van der Waals surface area (Å²) in [5.74, 6) is -1.04. The molecule has 174 valence electrons. The molecule has 0 spiro atoms. The van der Waals surface area contributed by atoms with E-state index in [1.165, 1.54) is 39.7 Å². The van der Waals surface area contributed by atoms with Crippen molar-refractivity contribution in [2.24, 2.45) is 0 Å². The molecule has 34 heavy (non-hydrogen) atoms. The predicted molar refractivity (Wildman–Crippen MR) is 123 cm³/mol. The minimum atomic E-state index is -3.74. The van der Waals surface area contributed by atoms with E-state index in [9.17, 15) is 22.8 Å². The molecule has 11 heteroatoms. The molecule has 2 aromatic carbocycles. The van der Waals surface area contributed by atoms with Gasteiger partial charge in [0.1, 0.15) is 5.56 Å². The predicted octanol–water partition coefficient (Wildman–Crippen LogP) is 0.663. The number of nitriles is 1. The molecule has 2 amide bonds. The molecule has 2 heterocycles. The lowest BCUT2D eigenvalue weighted by Crippen LogP contribution is -2.52. The average Bonchev–Trinajstić information content (AvgIpc) is 2.87. The first-order valence-corrected chi connectivity index (χ1v) is 11.9. The van der Waals surface area contributed by atoms with Crippen LogP contribution in [0.25, 0.3) is 10.9 Å². The Bertz CT molecular complexity index is 1450. The Balaban J connectivity index is 1.34. The number of pyridine rings is 1. The fourth-order valence-electron chi connectivity index (χ4n) is 3.73. The van der Waals surface area contributed by atoms with E-state index in [0.29, 0.717) is 16.5 Å². The number of carbonyl (C=O) groups is 2. The standard InChI is InChI=1S/C23H21N5O5S/c24-13-16-5-7-17(8-6-16)34(32,33)28-11-9-27(10-12-28)21(29)15-26-23(31)19-14-25-20-4-2-1-3-18(20)22(19)30/h1-8,14H,9-12,15H2,(H,25,30)(H,26,31). The molecule has 0 aliphatic carbocycles. The van der Waals surface area contributed by atoms with Crippen LogP contribution >= 0.6 is 0 Å². The molecule has 3 aromatic rings. The molecule has 0 bridgehead atoms. The van der Waals surface area contributed by atoms with Crippen LogP contribution in [0.4, 0.5) is 0 Å². The van der Waals surface area contributed by atoms with Gasteiger partial charge in [0.15, 0.2) is 0 Å². The molecule has 1 fully saturated rings. The first-order valence-electron chi connectivity index (χ1n) is 10.5. The monoisotopic (exact) mass is 479 g/mol. The largest absolute Gasteiger partial charge is 0.360 e. The van der Waals surface area contributed by atoms with Crippen LogP contribution in [-0.4, -0.2) is 67.1 Å². The van der Waals surface area contributed by atoms with E-state index in [1.807, 2.05) is 6.07 Å². The molecular weight excluding hydrogens is 458 g/mol. The van der Waals surface area contributed by atoms with Gasteiger partial charge in [0, 0.05) is 43.3 Å². The summed E-state index contributed by atoms with van der Waals surface area (Å²) in [6.07, 6.45) is 1.32. The van der Waals surface area contributed by atoms with Crippen molar-refractivity contribution in [2.75, 3.05) is 32.7 Å². The van der Waals surface area contributed by atoms with Crippen molar-refractivity contribution in [1.82, 2.24) is 19.5 Å². The highest BCUT2D eigenvalue weighted by Crippen LogP contribution is 2.18. The molecule has 0 unspecified atom stereocenters. The first kappa shape index (κ1) is 23.2. The maximum absolute atomic E-state index is 12.8. The van der Waals surface area contributed by atoms with Crippen LogP contribution in [0, 0.1) is 11.3 Å². The number of hydrogen-bond acceptors (Lipinski definition) is 6. The van der Waals surface area contributed by atoms with Crippen molar-refractivity contribution in [1.29, 1.82) is 5.26 Å². The van der Waals surface area contributed by atoms with Crippen molar-refractivity contribution in [3.8, 4) is 6.07 Å². The van der Waals surface area contributed by atoms with Gasteiger partial charge in [0.2, 0.25) is 21.4 Å². The Morgan fingerprint density at radius 2 is 1.71 bits per heavy atom. The molecule has 0 saturated carbocycles. The summed E-state index contributed by atoms with van der Waals surface area (Å²) in [6.45, 7) is 0.230. The lowest BCUT2D eigenvalue weighted by atomic mass is 10.1. The Morgan fingerprint density at radius 1 is 1.03 bits per heavy atom. The maximum atomic E-state index is 12.8. The number of nitrogens with zero attached hydrogens (tertiary/aromatic N) is 3. The van der Waals surface area contributed by atoms with Gasteiger partial charge in [-0.05, 0) is 36.4 Å². The Morgan fingerprint density at radius 3 is 2.38 bits per heavy atom. The van der Waals surface area contributed by atoms with Crippen LogP contribution in [0.5, 0.6) is 0 Å². The molecule has 1 aliphatic rings. The number of para-hydroxylation sites is 1. The summed E-state index contributed by atoms with van der Waals surface area (Å²) >= 11 is 0. The number of carbonyl (C=O) groups excluding carboxylic acids is 2. The fourth-order valence-corrected chi connectivity index (χ4v) is 5.15. The van der Waals surface area contributed by atoms with Gasteiger partial charge in [0.05, 0.1) is 23.1 Å². The zero-order valence-corrected chi connectivity index (χ0v) is 18.8. The number of benzene rings is 2. The lowest BCUT2D eigenvalue weighted by molar-refractivity contribution is -0.131. The summed E-state index contributed by atoms with van der Waals surface area (Å²) in [5, 5.41) is 11.7. The number of nitrogens with one attached hydrogen (secondary N) is 2. The summed E-state index contributed by atoms with van der Waals surface area (Å²) < 4.78 is 26.9. The smallest absolute Gasteiger partial charge is 0.257 e. The van der Waals surface area contributed by atoms with Gasteiger partial charge in [-0.3, -0.25) is 14.4 Å². The van der Waals surface area contributed by atoms with Crippen LogP contribution in [0.15, 0.2) is 64.4 Å². The van der Waals surface area contributed by atoms with E-state index in [2.05, 4.69) is 10.3 Å². The number of amides is 2. The van der Waals surface area contributed by atoms with Crippen molar-refractivity contribution in [3.05, 3.63) is 76.1 Å². The second-order valence-electron chi connectivity index (χ2n) is 7.68. The van der Waals surface area contributed by atoms with Crippen molar-refractivity contribution in [3.63, 3.8) is 0 Å². The first-order chi connectivity index (χ1) is 16.3. The normalized spacial score (nSPS) is 14.5. The second kappa shape index (κ2) is 9.46.